The van der Waals surface area contributed by atoms with Gasteiger partial charge in [0, 0.05) is 5.56 Å². The molecule has 0 fully saturated rings. The Balaban J connectivity index is 0.000000313. The Morgan fingerprint density at radius 2 is 1.43 bits per heavy atom. The quantitative estimate of drug-likeness (QED) is 0.332. The summed E-state index contributed by atoms with van der Waals surface area (Å²) in [4.78, 5) is 0. The molecule has 21 heavy (non-hydrogen) atoms. The van der Waals surface area contributed by atoms with Gasteiger partial charge in [0.2, 0.25) is 0 Å². The molecule has 0 nitrogen and oxygen atoms in total. The Kier molecular flexibility index (Phi) is 7.48. The molecule has 0 heterocycles. The summed E-state index contributed by atoms with van der Waals surface area (Å²) in [6.45, 7) is 0. The van der Waals surface area contributed by atoms with Crippen LogP contribution < -0.4 is 0 Å². The van der Waals surface area contributed by atoms with Crippen LogP contribution in [0, 0.1) is 24.2 Å². The van der Waals surface area contributed by atoms with Crippen molar-refractivity contribution < 1.29 is 17.1 Å². The summed E-state index contributed by atoms with van der Waals surface area (Å²) in [7, 11) is 0. The third kappa shape index (κ3) is 6.03. The topological polar surface area (TPSA) is 0 Å². The van der Waals surface area contributed by atoms with Crippen LogP contribution >= 0.6 is 0 Å². The van der Waals surface area contributed by atoms with Gasteiger partial charge in [0.05, 0.1) is 0 Å². The summed E-state index contributed by atoms with van der Waals surface area (Å²) < 4.78 is 0. The average molecular weight is 310 g/mol. The molecule has 3 rings (SSSR count). The molecule has 102 valence electrons. The zero-order chi connectivity index (χ0) is 14.0. The fourth-order valence-corrected chi connectivity index (χ4v) is 1.57. The zero-order valence-electron chi connectivity index (χ0n) is 11.4. The van der Waals surface area contributed by atoms with Crippen molar-refractivity contribution >= 4 is 0 Å². The molecule has 0 aliphatic heterocycles. The van der Waals surface area contributed by atoms with Gasteiger partial charge < -0.3 is 0 Å². The molecule has 0 aliphatic rings. The molecule has 0 N–H and O–H groups in total. The summed E-state index contributed by atoms with van der Waals surface area (Å²) in [6, 6.07) is 25.6. The van der Waals surface area contributed by atoms with Crippen LogP contribution in [0.4, 0.5) is 0 Å². The first kappa shape index (κ1) is 16.6. The van der Waals surface area contributed by atoms with E-state index in [1.165, 1.54) is 0 Å². The molecule has 0 bridgehead atoms. The van der Waals surface area contributed by atoms with Gasteiger partial charge in [-0.25, -0.2) is 12.1 Å². The van der Waals surface area contributed by atoms with Crippen LogP contribution in [-0.4, -0.2) is 0 Å². The minimum Gasteiger partial charge on any atom is -0.214 e. The van der Waals surface area contributed by atoms with E-state index in [0.29, 0.717) is 0 Å². The van der Waals surface area contributed by atoms with Crippen LogP contribution in [0.3, 0.4) is 0 Å². The molecule has 0 atom stereocenters. The van der Waals surface area contributed by atoms with E-state index in [1.54, 1.807) is 0 Å². The van der Waals surface area contributed by atoms with Gasteiger partial charge in [-0.3, -0.25) is 0 Å². The third-order valence-corrected chi connectivity index (χ3v) is 2.62. The Labute approximate surface area is 137 Å². The van der Waals surface area contributed by atoms with Gasteiger partial charge in [0.15, 0.2) is 0 Å². The molecule has 1 heteroatoms. The van der Waals surface area contributed by atoms with Crippen LogP contribution in [0.25, 0.3) is 0 Å². The van der Waals surface area contributed by atoms with Gasteiger partial charge >= 0.3 is 17.1 Å². The standard InChI is InChI=1S/C15H9.C5H5.Fe/c1-2-13-7-9-15(10-8-13)12-11-14-5-3-4-6-14;1-2-4-5-3-1;/h1,3-10H;1-5H;/q2*-1;+2. The van der Waals surface area contributed by atoms with Crippen molar-refractivity contribution in [2.45, 2.75) is 0 Å². The molecule has 0 amide bonds. The van der Waals surface area contributed by atoms with E-state index < -0.39 is 0 Å². The van der Waals surface area contributed by atoms with Crippen molar-refractivity contribution in [2.24, 2.45) is 0 Å². The van der Waals surface area contributed by atoms with Crippen LogP contribution in [-0.2, 0) is 17.1 Å². The molecular weight excluding hydrogens is 296 g/mol. The van der Waals surface area contributed by atoms with Gasteiger partial charge in [0.1, 0.15) is 0 Å². The van der Waals surface area contributed by atoms with E-state index in [1.807, 2.05) is 78.9 Å². The maximum atomic E-state index is 5.26. The minimum absolute atomic E-state index is 0. The van der Waals surface area contributed by atoms with E-state index in [9.17, 15) is 0 Å². The van der Waals surface area contributed by atoms with Crippen molar-refractivity contribution in [3.8, 4) is 24.2 Å². The molecular formula is C20H14Fe. The van der Waals surface area contributed by atoms with E-state index in [4.69, 9.17) is 6.42 Å². The molecule has 3 aromatic rings. The van der Waals surface area contributed by atoms with Crippen LogP contribution in [0.1, 0.15) is 16.7 Å². The predicted octanol–water partition coefficient (Wildman–Crippen LogP) is 4.19. The van der Waals surface area contributed by atoms with Gasteiger partial charge in [-0.05, 0) is 17.7 Å². The molecule has 0 saturated heterocycles. The molecule has 0 radical (unpaired) electrons. The van der Waals surface area contributed by atoms with Crippen LogP contribution in [0.15, 0.2) is 78.9 Å². The summed E-state index contributed by atoms with van der Waals surface area (Å²) in [5, 5.41) is 0. The maximum Gasteiger partial charge on any atom is 2.00 e. The van der Waals surface area contributed by atoms with Crippen LogP contribution in [0.2, 0.25) is 0 Å². The summed E-state index contributed by atoms with van der Waals surface area (Å²) in [5.74, 6) is 8.73. The normalized spacial score (nSPS) is 8.14. The van der Waals surface area contributed by atoms with Crippen molar-refractivity contribution in [3.63, 3.8) is 0 Å². The second-order valence-corrected chi connectivity index (χ2v) is 4.11. The van der Waals surface area contributed by atoms with Gasteiger partial charge in [-0.2, -0.15) is 42.2 Å². The monoisotopic (exact) mass is 310 g/mol. The van der Waals surface area contributed by atoms with Gasteiger partial charge in [-0.1, -0.05) is 23.6 Å². The summed E-state index contributed by atoms with van der Waals surface area (Å²) >= 11 is 0. The van der Waals surface area contributed by atoms with Crippen molar-refractivity contribution in [3.05, 3.63) is 95.6 Å². The van der Waals surface area contributed by atoms with Crippen LogP contribution in [0.5, 0.6) is 0 Å². The first-order chi connectivity index (χ1) is 9.88. The first-order valence-corrected chi connectivity index (χ1v) is 6.35. The number of terminal acetylenes is 1. The fourth-order valence-electron chi connectivity index (χ4n) is 1.57. The zero-order valence-corrected chi connectivity index (χ0v) is 12.5. The Morgan fingerprint density at radius 3 is 1.90 bits per heavy atom. The SMILES string of the molecule is C#Cc1ccc(C#C[c-]2cccc2)cc1.[Fe+2].c1cc[cH-]c1. The van der Waals surface area contributed by atoms with Crippen molar-refractivity contribution in [1.29, 1.82) is 0 Å². The minimum atomic E-state index is 0. The number of benzene rings is 1. The molecule has 0 spiro atoms. The average Bonchev–Trinajstić information content (AvgIpc) is 3.21. The maximum absolute atomic E-state index is 5.26. The largest absolute Gasteiger partial charge is 2.00 e. The second kappa shape index (κ2) is 9.46. The smallest absolute Gasteiger partial charge is 0.214 e. The van der Waals surface area contributed by atoms with E-state index in [0.717, 1.165) is 16.7 Å². The Bertz CT molecular complexity index is 680. The number of hydrogen-bond donors (Lipinski definition) is 0. The van der Waals surface area contributed by atoms with E-state index >= 15 is 0 Å². The summed E-state index contributed by atoms with van der Waals surface area (Å²) in [5.41, 5.74) is 2.90. The number of hydrogen-bond acceptors (Lipinski definition) is 0. The third-order valence-electron chi connectivity index (χ3n) is 2.62. The number of rotatable bonds is 0. The Morgan fingerprint density at radius 1 is 0.857 bits per heavy atom. The predicted molar refractivity (Wildman–Crippen MR) is 84.4 cm³/mol. The molecule has 0 saturated carbocycles. The molecule has 0 aliphatic carbocycles. The summed E-state index contributed by atoms with van der Waals surface area (Å²) in [6.07, 6.45) is 5.26. The van der Waals surface area contributed by atoms with E-state index in [2.05, 4.69) is 17.8 Å². The first-order valence-electron chi connectivity index (χ1n) is 6.35. The molecule has 0 aromatic heterocycles. The van der Waals surface area contributed by atoms with Crippen molar-refractivity contribution in [2.75, 3.05) is 0 Å². The second-order valence-electron chi connectivity index (χ2n) is 4.11. The molecule has 0 unspecified atom stereocenters. The molecule has 3 aromatic carbocycles. The van der Waals surface area contributed by atoms with Crippen molar-refractivity contribution in [1.82, 2.24) is 0 Å². The van der Waals surface area contributed by atoms with E-state index in [-0.39, 0.29) is 17.1 Å². The van der Waals surface area contributed by atoms with Gasteiger partial charge in [0.25, 0.3) is 0 Å². The van der Waals surface area contributed by atoms with Gasteiger partial charge in [-0.15, -0.1) is 18.6 Å². The fraction of sp³-hybridized carbons (Fsp3) is 0. The Hall–Kier alpha value is -2.44.